The summed E-state index contributed by atoms with van der Waals surface area (Å²) in [5, 5.41) is 2.03. The highest BCUT2D eigenvalue weighted by atomic mass is 32.1. The van der Waals surface area contributed by atoms with Gasteiger partial charge in [0.05, 0.1) is 5.69 Å². The molecule has 0 bridgehead atoms. The van der Waals surface area contributed by atoms with Crippen LogP contribution < -0.4 is 5.73 Å². The van der Waals surface area contributed by atoms with Gasteiger partial charge in [-0.1, -0.05) is 13.0 Å². The Hall–Kier alpha value is -1.13. The Morgan fingerprint density at radius 1 is 1.73 bits per heavy atom. The summed E-state index contributed by atoms with van der Waals surface area (Å²) in [7, 11) is 0. The van der Waals surface area contributed by atoms with Crippen molar-refractivity contribution in [2.45, 2.75) is 13.3 Å². The highest BCUT2D eigenvalue weighted by Crippen LogP contribution is 2.23. The average molecular weight is 221 g/mol. The topological polar surface area (TPSA) is 43.3 Å². The zero-order valence-corrected chi connectivity index (χ0v) is 9.63. The molecule has 0 aliphatic rings. The standard InChI is InChI=1S/C11H15N3S/c1-3-11(2,8-12)6-9-7-14-4-5-15-10(14)13-9/h3-5,7H,1,6,8,12H2,2H3. The molecule has 0 radical (unpaired) electrons. The van der Waals surface area contributed by atoms with E-state index in [2.05, 4.69) is 24.7 Å². The van der Waals surface area contributed by atoms with Gasteiger partial charge in [0.25, 0.3) is 0 Å². The number of rotatable bonds is 4. The minimum Gasteiger partial charge on any atom is -0.330 e. The quantitative estimate of drug-likeness (QED) is 0.803. The van der Waals surface area contributed by atoms with Gasteiger partial charge >= 0.3 is 0 Å². The lowest BCUT2D eigenvalue weighted by Crippen LogP contribution is -2.27. The fourth-order valence-electron chi connectivity index (χ4n) is 1.50. The van der Waals surface area contributed by atoms with Crippen LogP contribution in [-0.2, 0) is 6.42 Å². The summed E-state index contributed by atoms with van der Waals surface area (Å²) in [5.74, 6) is 0. The molecule has 0 fully saturated rings. The molecule has 1 atom stereocenters. The maximum atomic E-state index is 5.73. The number of aromatic nitrogens is 2. The molecule has 2 aromatic heterocycles. The van der Waals surface area contributed by atoms with Gasteiger partial charge in [0.15, 0.2) is 4.96 Å². The molecule has 0 saturated carbocycles. The van der Waals surface area contributed by atoms with Gasteiger partial charge in [-0.2, -0.15) is 0 Å². The fraction of sp³-hybridized carbons (Fsp3) is 0.364. The van der Waals surface area contributed by atoms with Crippen LogP contribution in [0.25, 0.3) is 4.96 Å². The van der Waals surface area contributed by atoms with Crippen molar-refractivity contribution >= 4 is 16.3 Å². The van der Waals surface area contributed by atoms with Crippen molar-refractivity contribution in [3.63, 3.8) is 0 Å². The van der Waals surface area contributed by atoms with Crippen molar-refractivity contribution in [2.75, 3.05) is 6.54 Å². The van der Waals surface area contributed by atoms with Crippen LogP contribution in [-0.4, -0.2) is 15.9 Å². The van der Waals surface area contributed by atoms with E-state index in [1.54, 1.807) is 11.3 Å². The predicted molar refractivity (Wildman–Crippen MR) is 64.1 cm³/mol. The molecular weight excluding hydrogens is 206 g/mol. The van der Waals surface area contributed by atoms with E-state index in [0.29, 0.717) is 6.54 Å². The molecule has 0 aromatic carbocycles. The molecule has 4 heteroatoms. The molecule has 2 heterocycles. The SMILES string of the molecule is C=CC(C)(CN)Cc1cn2ccsc2n1. The zero-order chi connectivity index (χ0) is 10.9. The second kappa shape index (κ2) is 3.79. The van der Waals surface area contributed by atoms with Crippen molar-refractivity contribution in [1.29, 1.82) is 0 Å². The Morgan fingerprint density at radius 3 is 3.13 bits per heavy atom. The van der Waals surface area contributed by atoms with Crippen LogP contribution in [0, 0.1) is 5.41 Å². The molecule has 1 unspecified atom stereocenters. The zero-order valence-electron chi connectivity index (χ0n) is 8.81. The molecule has 0 amide bonds. The minimum atomic E-state index is -0.0516. The third-order valence-corrected chi connectivity index (χ3v) is 3.46. The molecule has 2 N–H and O–H groups in total. The van der Waals surface area contributed by atoms with E-state index >= 15 is 0 Å². The summed E-state index contributed by atoms with van der Waals surface area (Å²) in [6.45, 7) is 6.53. The molecular formula is C11H15N3S. The Labute approximate surface area is 93.2 Å². The Kier molecular flexibility index (Phi) is 2.63. The Bertz CT molecular complexity index is 442. The highest BCUT2D eigenvalue weighted by molar-refractivity contribution is 7.15. The van der Waals surface area contributed by atoms with E-state index in [1.165, 1.54) is 0 Å². The average Bonchev–Trinajstić information content (AvgIpc) is 2.77. The number of nitrogens with zero attached hydrogens (tertiary/aromatic N) is 2. The summed E-state index contributed by atoms with van der Waals surface area (Å²) in [6, 6.07) is 0. The first kappa shape index (κ1) is 10.4. The van der Waals surface area contributed by atoms with E-state index in [9.17, 15) is 0 Å². The number of imidazole rings is 1. The van der Waals surface area contributed by atoms with Crippen LogP contribution in [0.4, 0.5) is 0 Å². The second-order valence-corrected chi connectivity index (χ2v) is 4.94. The maximum Gasteiger partial charge on any atom is 0.193 e. The van der Waals surface area contributed by atoms with Crippen LogP contribution in [0.5, 0.6) is 0 Å². The van der Waals surface area contributed by atoms with Crippen molar-refractivity contribution in [3.05, 3.63) is 36.1 Å². The monoisotopic (exact) mass is 221 g/mol. The number of nitrogens with two attached hydrogens (primary N) is 1. The van der Waals surface area contributed by atoms with Crippen LogP contribution in [0.3, 0.4) is 0 Å². The lowest BCUT2D eigenvalue weighted by atomic mass is 9.86. The molecule has 0 aliphatic carbocycles. The van der Waals surface area contributed by atoms with Crippen molar-refractivity contribution in [3.8, 4) is 0 Å². The summed E-state index contributed by atoms with van der Waals surface area (Å²) in [6.07, 6.45) is 6.84. The lowest BCUT2D eigenvalue weighted by molar-refractivity contribution is 0.435. The lowest BCUT2D eigenvalue weighted by Gasteiger charge is -2.21. The largest absolute Gasteiger partial charge is 0.330 e. The van der Waals surface area contributed by atoms with Crippen LogP contribution in [0.15, 0.2) is 30.4 Å². The molecule has 2 aromatic rings. The van der Waals surface area contributed by atoms with Gasteiger partial charge in [-0.15, -0.1) is 17.9 Å². The molecule has 0 spiro atoms. The molecule has 0 aliphatic heterocycles. The molecule has 15 heavy (non-hydrogen) atoms. The van der Waals surface area contributed by atoms with E-state index in [-0.39, 0.29) is 5.41 Å². The second-order valence-electron chi connectivity index (χ2n) is 4.06. The highest BCUT2D eigenvalue weighted by Gasteiger charge is 2.20. The Morgan fingerprint density at radius 2 is 2.53 bits per heavy atom. The molecule has 0 saturated heterocycles. The molecule has 80 valence electrons. The first-order valence-electron chi connectivity index (χ1n) is 4.91. The maximum absolute atomic E-state index is 5.73. The van der Waals surface area contributed by atoms with E-state index in [1.807, 2.05) is 22.1 Å². The van der Waals surface area contributed by atoms with Gasteiger partial charge in [0, 0.05) is 36.2 Å². The first-order valence-corrected chi connectivity index (χ1v) is 5.79. The molecule has 3 nitrogen and oxygen atoms in total. The van der Waals surface area contributed by atoms with Crippen LogP contribution >= 0.6 is 11.3 Å². The fourth-order valence-corrected chi connectivity index (χ4v) is 2.22. The summed E-state index contributed by atoms with van der Waals surface area (Å²) in [4.78, 5) is 5.57. The summed E-state index contributed by atoms with van der Waals surface area (Å²) < 4.78 is 2.04. The smallest absolute Gasteiger partial charge is 0.193 e. The van der Waals surface area contributed by atoms with Gasteiger partial charge in [-0.3, -0.25) is 4.40 Å². The number of fused-ring (bicyclic) bond motifs is 1. The molecule has 2 rings (SSSR count). The first-order chi connectivity index (χ1) is 7.17. The van der Waals surface area contributed by atoms with Crippen LogP contribution in [0.1, 0.15) is 12.6 Å². The number of hydrogen-bond donors (Lipinski definition) is 1. The summed E-state index contributed by atoms with van der Waals surface area (Å²) in [5.41, 5.74) is 6.76. The van der Waals surface area contributed by atoms with E-state index in [4.69, 9.17) is 5.73 Å². The van der Waals surface area contributed by atoms with E-state index < -0.39 is 0 Å². The number of hydrogen-bond acceptors (Lipinski definition) is 3. The van der Waals surface area contributed by atoms with Crippen molar-refractivity contribution < 1.29 is 0 Å². The number of thiazole rings is 1. The van der Waals surface area contributed by atoms with E-state index in [0.717, 1.165) is 17.1 Å². The third-order valence-electron chi connectivity index (χ3n) is 2.69. The van der Waals surface area contributed by atoms with Gasteiger partial charge in [-0.25, -0.2) is 4.98 Å². The van der Waals surface area contributed by atoms with Gasteiger partial charge in [-0.05, 0) is 0 Å². The third kappa shape index (κ3) is 1.96. The van der Waals surface area contributed by atoms with Crippen LogP contribution in [0.2, 0.25) is 0 Å². The van der Waals surface area contributed by atoms with Gasteiger partial charge in [0.1, 0.15) is 0 Å². The van der Waals surface area contributed by atoms with Crippen molar-refractivity contribution in [1.82, 2.24) is 9.38 Å². The van der Waals surface area contributed by atoms with Crippen molar-refractivity contribution in [2.24, 2.45) is 11.1 Å². The normalized spacial score (nSPS) is 15.3. The van der Waals surface area contributed by atoms with Gasteiger partial charge < -0.3 is 5.73 Å². The predicted octanol–water partition coefficient (Wildman–Crippen LogP) is 2.09. The minimum absolute atomic E-state index is 0.0516. The summed E-state index contributed by atoms with van der Waals surface area (Å²) >= 11 is 1.64. The van der Waals surface area contributed by atoms with Gasteiger partial charge in [0.2, 0.25) is 0 Å². The Balaban J connectivity index is 2.25.